The first-order valence-electron chi connectivity index (χ1n) is 7.33. The zero-order chi connectivity index (χ0) is 17.7. The van der Waals surface area contributed by atoms with E-state index in [1.54, 1.807) is 30.5 Å². The molecule has 2 N–H and O–H groups in total. The highest BCUT2D eigenvalue weighted by Gasteiger charge is 2.15. The molecule has 25 heavy (non-hydrogen) atoms. The van der Waals surface area contributed by atoms with E-state index in [0.717, 1.165) is 4.57 Å². The molecular weight excluding hydrogens is 326 g/mol. The molecule has 10 nitrogen and oxygen atoms in total. The standard InChI is InChI=1S/C15H13N7O3/c1-20-12-11(13(24)21(2)15(20)25)16-14(17-12)22-7-10(18-19-22)8-4-3-5-9(23)6-8/h3-7,23H,1-2H3,(H,16,17). The third-order valence-corrected chi connectivity index (χ3v) is 3.93. The minimum absolute atomic E-state index is 0.120. The number of phenols is 1. The van der Waals surface area contributed by atoms with Crippen LogP contribution in [-0.4, -0.2) is 39.2 Å². The van der Waals surface area contributed by atoms with Crippen molar-refractivity contribution in [3.63, 3.8) is 0 Å². The molecule has 0 spiro atoms. The number of fused-ring (bicyclic) bond motifs is 1. The molecule has 3 aromatic heterocycles. The van der Waals surface area contributed by atoms with Crippen LogP contribution in [0.1, 0.15) is 0 Å². The Morgan fingerprint density at radius 3 is 2.72 bits per heavy atom. The van der Waals surface area contributed by atoms with E-state index in [-0.39, 0.29) is 22.9 Å². The second kappa shape index (κ2) is 5.16. The maximum absolute atomic E-state index is 12.2. The zero-order valence-corrected chi connectivity index (χ0v) is 13.3. The van der Waals surface area contributed by atoms with Crippen LogP contribution in [0.2, 0.25) is 0 Å². The summed E-state index contributed by atoms with van der Waals surface area (Å²) in [5, 5.41) is 17.6. The number of aromatic nitrogens is 7. The van der Waals surface area contributed by atoms with E-state index in [1.807, 2.05) is 0 Å². The average molecular weight is 339 g/mol. The monoisotopic (exact) mass is 339 g/mol. The van der Waals surface area contributed by atoms with Gasteiger partial charge in [0.2, 0.25) is 5.95 Å². The molecule has 4 aromatic rings. The molecule has 0 radical (unpaired) electrons. The van der Waals surface area contributed by atoms with Gasteiger partial charge in [0.15, 0.2) is 11.2 Å². The fourth-order valence-corrected chi connectivity index (χ4v) is 2.59. The van der Waals surface area contributed by atoms with Crippen molar-refractivity contribution in [2.45, 2.75) is 0 Å². The molecule has 0 saturated heterocycles. The quantitative estimate of drug-likeness (QED) is 0.526. The first kappa shape index (κ1) is 14.9. The van der Waals surface area contributed by atoms with E-state index < -0.39 is 11.2 Å². The number of hydrogen-bond donors (Lipinski definition) is 2. The van der Waals surface area contributed by atoms with Crippen LogP contribution >= 0.6 is 0 Å². The second-order valence-corrected chi connectivity index (χ2v) is 5.56. The lowest BCUT2D eigenvalue weighted by Crippen LogP contribution is -2.36. The maximum atomic E-state index is 12.2. The number of phenolic OH excluding ortho intramolecular Hbond substituents is 1. The van der Waals surface area contributed by atoms with Gasteiger partial charge in [-0.05, 0) is 12.1 Å². The predicted octanol–water partition coefficient (Wildman–Crippen LogP) is -0.0864. The van der Waals surface area contributed by atoms with Crippen molar-refractivity contribution in [1.29, 1.82) is 0 Å². The van der Waals surface area contributed by atoms with Gasteiger partial charge < -0.3 is 10.1 Å². The van der Waals surface area contributed by atoms with Crippen molar-refractivity contribution >= 4 is 11.2 Å². The van der Waals surface area contributed by atoms with Gasteiger partial charge in [0, 0.05) is 19.7 Å². The summed E-state index contributed by atoms with van der Waals surface area (Å²) >= 11 is 0. The van der Waals surface area contributed by atoms with E-state index in [2.05, 4.69) is 20.3 Å². The van der Waals surface area contributed by atoms with Gasteiger partial charge in [0.1, 0.15) is 11.4 Å². The van der Waals surface area contributed by atoms with Gasteiger partial charge in [0.25, 0.3) is 5.56 Å². The third kappa shape index (κ3) is 2.23. The Labute approximate surface area is 139 Å². The maximum Gasteiger partial charge on any atom is 0.332 e. The number of hydrogen-bond acceptors (Lipinski definition) is 6. The van der Waals surface area contributed by atoms with Gasteiger partial charge in [-0.15, -0.1) is 5.10 Å². The van der Waals surface area contributed by atoms with Crippen LogP contribution in [0.4, 0.5) is 0 Å². The van der Waals surface area contributed by atoms with Crippen LogP contribution < -0.4 is 11.2 Å². The van der Waals surface area contributed by atoms with Gasteiger partial charge in [-0.3, -0.25) is 13.9 Å². The molecule has 0 atom stereocenters. The summed E-state index contributed by atoms with van der Waals surface area (Å²) in [7, 11) is 2.94. The Balaban J connectivity index is 1.86. The summed E-state index contributed by atoms with van der Waals surface area (Å²) in [4.78, 5) is 31.3. The van der Waals surface area contributed by atoms with Crippen molar-refractivity contribution in [1.82, 2.24) is 34.1 Å². The molecule has 0 aliphatic heterocycles. The molecule has 1 aromatic carbocycles. The number of aromatic amines is 1. The highest BCUT2D eigenvalue weighted by Crippen LogP contribution is 2.21. The normalized spacial score (nSPS) is 11.3. The van der Waals surface area contributed by atoms with Crippen molar-refractivity contribution in [3.05, 3.63) is 51.3 Å². The summed E-state index contributed by atoms with van der Waals surface area (Å²) in [6, 6.07) is 6.60. The molecule has 0 bridgehead atoms. The Morgan fingerprint density at radius 2 is 1.96 bits per heavy atom. The number of H-pyrrole nitrogens is 1. The van der Waals surface area contributed by atoms with Crippen molar-refractivity contribution in [3.8, 4) is 23.0 Å². The van der Waals surface area contributed by atoms with Crippen LogP contribution in [0, 0.1) is 0 Å². The van der Waals surface area contributed by atoms with Crippen molar-refractivity contribution in [2.24, 2.45) is 14.1 Å². The van der Waals surface area contributed by atoms with Gasteiger partial charge >= 0.3 is 5.69 Å². The highest BCUT2D eigenvalue weighted by molar-refractivity contribution is 5.71. The Hall–Kier alpha value is -3.69. The smallest absolute Gasteiger partial charge is 0.332 e. The number of imidazole rings is 1. The second-order valence-electron chi connectivity index (χ2n) is 5.56. The fourth-order valence-electron chi connectivity index (χ4n) is 2.59. The third-order valence-electron chi connectivity index (χ3n) is 3.93. The molecule has 10 heteroatoms. The van der Waals surface area contributed by atoms with E-state index >= 15 is 0 Å². The van der Waals surface area contributed by atoms with Crippen molar-refractivity contribution in [2.75, 3.05) is 0 Å². The summed E-state index contributed by atoms with van der Waals surface area (Å²) in [5.74, 6) is 0.376. The van der Waals surface area contributed by atoms with E-state index in [0.29, 0.717) is 11.3 Å². The first-order valence-corrected chi connectivity index (χ1v) is 7.33. The molecule has 0 aliphatic rings. The van der Waals surface area contributed by atoms with Gasteiger partial charge in [0.05, 0.1) is 6.20 Å². The molecule has 0 unspecified atom stereocenters. The Kier molecular flexibility index (Phi) is 3.07. The number of aryl methyl sites for hydroxylation is 1. The zero-order valence-electron chi connectivity index (χ0n) is 13.3. The molecule has 3 heterocycles. The number of benzene rings is 1. The van der Waals surface area contributed by atoms with Crippen LogP contribution in [0.15, 0.2) is 40.1 Å². The first-order chi connectivity index (χ1) is 12.0. The van der Waals surface area contributed by atoms with Crippen LogP contribution in [-0.2, 0) is 14.1 Å². The Morgan fingerprint density at radius 1 is 1.16 bits per heavy atom. The lowest BCUT2D eigenvalue weighted by molar-refractivity contribution is 0.475. The predicted molar refractivity (Wildman–Crippen MR) is 88.6 cm³/mol. The molecule has 126 valence electrons. The van der Waals surface area contributed by atoms with Crippen LogP contribution in [0.25, 0.3) is 28.4 Å². The van der Waals surface area contributed by atoms with Gasteiger partial charge in [-0.1, -0.05) is 17.3 Å². The minimum Gasteiger partial charge on any atom is -0.508 e. The molecule has 4 rings (SSSR count). The number of rotatable bonds is 2. The average Bonchev–Trinajstić information content (AvgIpc) is 3.25. The fraction of sp³-hybridized carbons (Fsp3) is 0.133. The van der Waals surface area contributed by atoms with Gasteiger partial charge in [-0.2, -0.15) is 9.67 Å². The summed E-state index contributed by atoms with van der Waals surface area (Å²) in [6.07, 6.45) is 1.61. The highest BCUT2D eigenvalue weighted by atomic mass is 16.3. The molecular formula is C15H13N7O3. The number of nitrogens with zero attached hydrogens (tertiary/aromatic N) is 6. The molecule has 0 amide bonds. The van der Waals surface area contributed by atoms with E-state index in [9.17, 15) is 14.7 Å². The Bertz CT molecular complexity index is 1230. The lowest BCUT2D eigenvalue weighted by atomic mass is 10.2. The van der Waals surface area contributed by atoms with E-state index in [4.69, 9.17) is 0 Å². The van der Waals surface area contributed by atoms with Crippen LogP contribution in [0.3, 0.4) is 0 Å². The largest absolute Gasteiger partial charge is 0.508 e. The minimum atomic E-state index is -0.467. The lowest BCUT2D eigenvalue weighted by Gasteiger charge is -2.00. The topological polar surface area (TPSA) is 124 Å². The summed E-state index contributed by atoms with van der Waals surface area (Å²) < 4.78 is 3.65. The summed E-state index contributed by atoms with van der Waals surface area (Å²) in [6.45, 7) is 0. The van der Waals surface area contributed by atoms with E-state index in [1.165, 1.54) is 23.3 Å². The van der Waals surface area contributed by atoms with Crippen molar-refractivity contribution < 1.29 is 5.11 Å². The molecule has 0 fully saturated rings. The van der Waals surface area contributed by atoms with Crippen LogP contribution in [0.5, 0.6) is 5.75 Å². The molecule has 0 saturated carbocycles. The number of aromatic hydroxyl groups is 1. The van der Waals surface area contributed by atoms with Gasteiger partial charge in [-0.25, -0.2) is 4.79 Å². The number of nitrogens with one attached hydrogen (secondary N) is 1. The summed E-state index contributed by atoms with van der Waals surface area (Å²) in [5.41, 5.74) is 0.718. The molecule has 0 aliphatic carbocycles. The SMILES string of the molecule is Cn1c(=O)c2[nH]c(-n3cc(-c4cccc(O)c4)nn3)nc2n(C)c1=O.